The smallest absolute Gasteiger partial charge is 0.226 e. The van der Waals surface area contributed by atoms with Crippen LogP contribution in [0.1, 0.15) is 20.3 Å². The van der Waals surface area contributed by atoms with Crippen LogP contribution in [-0.4, -0.2) is 24.3 Å². The van der Waals surface area contributed by atoms with Gasteiger partial charge in [0.1, 0.15) is 0 Å². The fourth-order valence-electron chi connectivity index (χ4n) is 2.43. The standard InChI is InChI=1S/C19H20ClN3O3/c1-13(24)21-16-6-4-7-17(12-16)22-19(26)9-10-23(14(2)25)18-8-3-5-15(20)11-18/h3-8,11-12H,9-10H2,1-2H3,(H,21,24)(H,22,26). The summed E-state index contributed by atoms with van der Waals surface area (Å²) in [6.45, 7) is 3.08. The molecule has 136 valence electrons. The predicted octanol–water partition coefficient (Wildman–Crippen LogP) is 3.68. The van der Waals surface area contributed by atoms with Gasteiger partial charge in [-0.2, -0.15) is 0 Å². The first-order valence-electron chi connectivity index (χ1n) is 8.06. The second-order valence-corrected chi connectivity index (χ2v) is 6.15. The van der Waals surface area contributed by atoms with Crippen molar-refractivity contribution < 1.29 is 14.4 Å². The summed E-state index contributed by atoms with van der Waals surface area (Å²) in [6, 6.07) is 13.8. The molecule has 2 N–H and O–H groups in total. The highest BCUT2D eigenvalue weighted by atomic mass is 35.5. The molecule has 0 unspecified atom stereocenters. The maximum Gasteiger partial charge on any atom is 0.226 e. The summed E-state index contributed by atoms with van der Waals surface area (Å²) in [6.07, 6.45) is 0.121. The highest BCUT2D eigenvalue weighted by molar-refractivity contribution is 6.30. The number of nitrogens with one attached hydrogen (secondary N) is 2. The number of hydrogen-bond donors (Lipinski definition) is 2. The van der Waals surface area contributed by atoms with Crippen LogP contribution in [0, 0.1) is 0 Å². The topological polar surface area (TPSA) is 78.5 Å². The van der Waals surface area contributed by atoms with Crippen LogP contribution in [0.15, 0.2) is 48.5 Å². The van der Waals surface area contributed by atoms with Gasteiger partial charge in [0.05, 0.1) is 0 Å². The molecule has 26 heavy (non-hydrogen) atoms. The Kier molecular flexibility index (Phi) is 6.74. The Hall–Kier alpha value is -2.86. The maximum absolute atomic E-state index is 12.2. The fraction of sp³-hybridized carbons (Fsp3) is 0.211. The van der Waals surface area contributed by atoms with E-state index >= 15 is 0 Å². The van der Waals surface area contributed by atoms with Crippen LogP contribution < -0.4 is 15.5 Å². The van der Waals surface area contributed by atoms with Crippen LogP contribution in [0.2, 0.25) is 5.02 Å². The number of anilines is 3. The van der Waals surface area contributed by atoms with Crippen molar-refractivity contribution in [2.75, 3.05) is 22.1 Å². The average Bonchev–Trinajstić information content (AvgIpc) is 2.54. The van der Waals surface area contributed by atoms with Crippen LogP contribution >= 0.6 is 11.6 Å². The molecule has 6 nitrogen and oxygen atoms in total. The largest absolute Gasteiger partial charge is 0.326 e. The number of hydrogen-bond acceptors (Lipinski definition) is 3. The number of nitrogens with zero attached hydrogens (tertiary/aromatic N) is 1. The Morgan fingerprint density at radius 2 is 1.62 bits per heavy atom. The van der Waals surface area contributed by atoms with Crippen LogP contribution in [0.3, 0.4) is 0 Å². The molecule has 0 atom stereocenters. The average molecular weight is 374 g/mol. The van der Waals surface area contributed by atoms with Gasteiger partial charge in [0.2, 0.25) is 17.7 Å². The summed E-state index contributed by atoms with van der Waals surface area (Å²) in [7, 11) is 0. The van der Waals surface area contributed by atoms with Crippen LogP contribution in [0.4, 0.5) is 17.1 Å². The summed E-state index contributed by atoms with van der Waals surface area (Å²) in [5, 5.41) is 5.93. The first-order valence-corrected chi connectivity index (χ1v) is 8.44. The van der Waals surface area contributed by atoms with Gasteiger partial charge in [-0.15, -0.1) is 0 Å². The normalized spacial score (nSPS) is 10.1. The van der Waals surface area contributed by atoms with Crippen LogP contribution in [0.5, 0.6) is 0 Å². The van der Waals surface area contributed by atoms with Gasteiger partial charge in [0, 0.05) is 48.9 Å². The molecule has 2 aromatic rings. The van der Waals surface area contributed by atoms with E-state index in [9.17, 15) is 14.4 Å². The van der Waals surface area contributed by atoms with Gasteiger partial charge in [-0.1, -0.05) is 23.7 Å². The van der Waals surface area contributed by atoms with E-state index in [1.165, 1.54) is 18.7 Å². The summed E-state index contributed by atoms with van der Waals surface area (Å²) >= 11 is 5.97. The third-order valence-electron chi connectivity index (χ3n) is 3.53. The molecular formula is C19H20ClN3O3. The van der Waals surface area contributed by atoms with E-state index in [2.05, 4.69) is 10.6 Å². The van der Waals surface area contributed by atoms with Crippen molar-refractivity contribution in [3.63, 3.8) is 0 Å². The predicted molar refractivity (Wildman–Crippen MR) is 103 cm³/mol. The van der Waals surface area contributed by atoms with E-state index < -0.39 is 0 Å². The van der Waals surface area contributed by atoms with Gasteiger partial charge < -0.3 is 15.5 Å². The summed E-state index contributed by atoms with van der Waals surface area (Å²) in [5.74, 6) is -0.599. The number of carbonyl (C=O) groups excluding carboxylic acids is 3. The highest BCUT2D eigenvalue weighted by Gasteiger charge is 2.14. The van der Waals surface area contributed by atoms with Crippen molar-refractivity contribution in [1.82, 2.24) is 0 Å². The zero-order chi connectivity index (χ0) is 19.1. The molecule has 2 aromatic carbocycles. The lowest BCUT2D eigenvalue weighted by Gasteiger charge is -2.21. The van der Waals surface area contributed by atoms with E-state index in [1.54, 1.807) is 48.5 Å². The third kappa shape index (κ3) is 5.89. The number of halogens is 1. The summed E-state index contributed by atoms with van der Waals surface area (Å²) in [5.41, 5.74) is 1.81. The van der Waals surface area contributed by atoms with Crippen molar-refractivity contribution >= 4 is 46.4 Å². The van der Waals surface area contributed by atoms with E-state index in [4.69, 9.17) is 11.6 Å². The SMILES string of the molecule is CC(=O)Nc1cccc(NC(=O)CCN(C(C)=O)c2cccc(Cl)c2)c1. The van der Waals surface area contributed by atoms with Gasteiger partial charge in [0.15, 0.2) is 0 Å². The Morgan fingerprint density at radius 3 is 2.23 bits per heavy atom. The van der Waals surface area contributed by atoms with E-state index in [1.807, 2.05) is 0 Å². The van der Waals surface area contributed by atoms with E-state index in [0.717, 1.165) is 0 Å². The molecule has 0 aliphatic rings. The van der Waals surface area contributed by atoms with Gasteiger partial charge in [-0.25, -0.2) is 0 Å². The number of rotatable bonds is 6. The molecule has 0 aliphatic carbocycles. The highest BCUT2D eigenvalue weighted by Crippen LogP contribution is 2.20. The van der Waals surface area contributed by atoms with Crippen molar-refractivity contribution in [2.24, 2.45) is 0 Å². The molecule has 3 amide bonds. The van der Waals surface area contributed by atoms with Crippen molar-refractivity contribution in [3.05, 3.63) is 53.6 Å². The maximum atomic E-state index is 12.2. The lowest BCUT2D eigenvalue weighted by atomic mass is 10.2. The fourth-order valence-corrected chi connectivity index (χ4v) is 2.61. The lowest BCUT2D eigenvalue weighted by molar-refractivity contribution is -0.117. The van der Waals surface area contributed by atoms with Crippen LogP contribution in [0.25, 0.3) is 0 Å². The summed E-state index contributed by atoms with van der Waals surface area (Å²) in [4.78, 5) is 36.7. The second kappa shape index (κ2) is 9.01. The third-order valence-corrected chi connectivity index (χ3v) is 3.76. The van der Waals surface area contributed by atoms with E-state index in [0.29, 0.717) is 22.1 Å². The number of carbonyl (C=O) groups is 3. The quantitative estimate of drug-likeness (QED) is 0.810. The summed E-state index contributed by atoms with van der Waals surface area (Å²) < 4.78 is 0. The number of benzene rings is 2. The minimum atomic E-state index is -0.238. The monoisotopic (exact) mass is 373 g/mol. The molecule has 0 saturated carbocycles. The molecule has 0 spiro atoms. The molecule has 0 fully saturated rings. The first-order chi connectivity index (χ1) is 12.3. The molecule has 0 radical (unpaired) electrons. The van der Waals surface area contributed by atoms with Gasteiger partial charge in [-0.05, 0) is 36.4 Å². The van der Waals surface area contributed by atoms with E-state index in [-0.39, 0.29) is 30.7 Å². The van der Waals surface area contributed by atoms with Crippen LogP contribution in [-0.2, 0) is 14.4 Å². The molecule has 7 heteroatoms. The molecule has 0 bridgehead atoms. The van der Waals surface area contributed by atoms with Gasteiger partial charge >= 0.3 is 0 Å². The second-order valence-electron chi connectivity index (χ2n) is 5.71. The Morgan fingerprint density at radius 1 is 0.962 bits per heavy atom. The van der Waals surface area contributed by atoms with Gasteiger partial charge in [0.25, 0.3) is 0 Å². The molecule has 2 rings (SSSR count). The molecule has 0 aromatic heterocycles. The minimum absolute atomic E-state index is 0.121. The zero-order valence-corrected chi connectivity index (χ0v) is 15.3. The Labute approximate surface area is 157 Å². The number of amides is 3. The molecule has 0 saturated heterocycles. The van der Waals surface area contributed by atoms with Gasteiger partial charge in [-0.3, -0.25) is 14.4 Å². The first kappa shape index (κ1) is 19.5. The minimum Gasteiger partial charge on any atom is -0.326 e. The lowest BCUT2D eigenvalue weighted by Crippen LogP contribution is -2.31. The van der Waals surface area contributed by atoms with Crippen molar-refractivity contribution in [3.8, 4) is 0 Å². The van der Waals surface area contributed by atoms with Crippen molar-refractivity contribution in [1.29, 1.82) is 0 Å². The zero-order valence-electron chi connectivity index (χ0n) is 14.6. The Bertz CT molecular complexity index is 823. The molecular weight excluding hydrogens is 354 g/mol. The Balaban J connectivity index is 1.98. The van der Waals surface area contributed by atoms with Crippen molar-refractivity contribution in [2.45, 2.75) is 20.3 Å². The molecule has 0 heterocycles. The molecule has 0 aliphatic heterocycles.